The number of amides is 1. The molecule has 0 radical (unpaired) electrons. The van der Waals surface area contributed by atoms with Crippen LogP contribution in [0, 0.1) is 11.3 Å². The first kappa shape index (κ1) is 16.3. The van der Waals surface area contributed by atoms with Crippen LogP contribution in [-0.2, 0) is 9.84 Å². The third kappa shape index (κ3) is 5.01. The van der Waals surface area contributed by atoms with Gasteiger partial charge in [-0.15, -0.1) is 0 Å². The van der Waals surface area contributed by atoms with Gasteiger partial charge in [0.2, 0.25) is 0 Å². The maximum absolute atomic E-state index is 11.2. The van der Waals surface area contributed by atoms with Gasteiger partial charge < -0.3 is 14.8 Å². The van der Waals surface area contributed by atoms with Crippen LogP contribution in [0.1, 0.15) is 40.0 Å². The minimum absolute atomic E-state index is 0.101. The molecule has 5 nitrogen and oxygen atoms in total. The van der Waals surface area contributed by atoms with Gasteiger partial charge >= 0.3 is 0 Å². The molecule has 0 spiro atoms. The fourth-order valence-corrected chi connectivity index (χ4v) is 3.48. The Kier molecular flexibility index (Phi) is 4.87. The minimum Gasteiger partial charge on any atom is -0.530 e. The largest absolute Gasteiger partial charge is 0.530 e. The van der Waals surface area contributed by atoms with Crippen molar-refractivity contribution in [3.8, 4) is 0 Å². The van der Waals surface area contributed by atoms with Crippen LogP contribution in [0.25, 0.3) is 0 Å². The van der Waals surface area contributed by atoms with Crippen molar-refractivity contribution in [2.75, 3.05) is 18.6 Å². The Morgan fingerprint density at radius 2 is 1.95 bits per heavy atom. The summed E-state index contributed by atoms with van der Waals surface area (Å²) in [6.45, 7) is 6.46. The molecule has 0 bridgehead atoms. The third-order valence-electron chi connectivity index (χ3n) is 3.84. The summed E-state index contributed by atoms with van der Waals surface area (Å²) in [5.74, 6) is 0.453. The molecule has 1 saturated heterocycles. The Morgan fingerprint density at radius 3 is 2.37 bits per heavy atom. The van der Waals surface area contributed by atoms with Gasteiger partial charge in [0.25, 0.3) is 0 Å². The van der Waals surface area contributed by atoms with Gasteiger partial charge in [0.05, 0.1) is 5.75 Å². The molecule has 1 rings (SSSR count). The first-order chi connectivity index (χ1) is 8.50. The highest BCUT2D eigenvalue weighted by molar-refractivity contribution is 7.90. The first-order valence-corrected chi connectivity index (χ1v) is 8.72. The summed E-state index contributed by atoms with van der Waals surface area (Å²) < 4.78 is 22.4. The van der Waals surface area contributed by atoms with E-state index >= 15 is 0 Å². The van der Waals surface area contributed by atoms with Crippen LogP contribution in [-0.4, -0.2) is 44.0 Å². The highest BCUT2D eigenvalue weighted by Gasteiger charge is 2.36. The molecule has 6 heteroatoms. The number of piperidine rings is 1. The number of carbonyl (C=O) groups excluding carboxylic acids is 1. The van der Waals surface area contributed by atoms with Crippen molar-refractivity contribution in [2.24, 2.45) is 11.3 Å². The van der Waals surface area contributed by atoms with E-state index in [0.29, 0.717) is 19.4 Å². The zero-order valence-electron chi connectivity index (χ0n) is 12.2. The fourth-order valence-electron chi connectivity index (χ4n) is 2.72. The predicted octanol–water partition coefficient (Wildman–Crippen LogP) is 0.891. The average molecular weight is 290 g/mol. The van der Waals surface area contributed by atoms with E-state index in [1.54, 1.807) is 0 Å². The van der Waals surface area contributed by atoms with E-state index in [2.05, 4.69) is 0 Å². The van der Waals surface area contributed by atoms with E-state index in [4.69, 9.17) is 0 Å². The van der Waals surface area contributed by atoms with Crippen LogP contribution in [0.3, 0.4) is 0 Å². The zero-order valence-corrected chi connectivity index (χ0v) is 13.0. The molecule has 112 valence electrons. The van der Waals surface area contributed by atoms with Crippen molar-refractivity contribution in [3.63, 3.8) is 0 Å². The van der Waals surface area contributed by atoms with Crippen molar-refractivity contribution < 1.29 is 18.3 Å². The standard InChI is InChI=1S/C13H25NO4S/c1-13(2,3)11-9-10(6-8-19(4,17)18)5-7-14(11)12(15)16/h10-11H,5-9H2,1-4H3,(H,15,16)/p-1. The number of carbonyl (C=O) groups is 1. The van der Waals surface area contributed by atoms with Gasteiger partial charge in [0.15, 0.2) is 0 Å². The monoisotopic (exact) mass is 290 g/mol. The third-order valence-corrected chi connectivity index (χ3v) is 4.82. The van der Waals surface area contributed by atoms with Crippen LogP contribution in [0.5, 0.6) is 0 Å². The van der Waals surface area contributed by atoms with E-state index < -0.39 is 15.9 Å². The number of hydrogen-bond acceptors (Lipinski definition) is 4. The highest BCUT2D eigenvalue weighted by atomic mass is 32.2. The normalized spacial score (nSPS) is 25.4. The van der Waals surface area contributed by atoms with Crippen molar-refractivity contribution >= 4 is 15.9 Å². The van der Waals surface area contributed by atoms with E-state index in [0.717, 1.165) is 6.42 Å². The number of sulfone groups is 1. The summed E-state index contributed by atoms with van der Waals surface area (Å²) in [4.78, 5) is 12.6. The molecule has 1 fully saturated rings. The topological polar surface area (TPSA) is 77.5 Å². The van der Waals surface area contributed by atoms with Gasteiger partial charge in [0.1, 0.15) is 15.9 Å². The molecular formula is C13H24NO4S-. The van der Waals surface area contributed by atoms with Crippen LogP contribution < -0.4 is 5.11 Å². The number of likely N-dealkylation sites (tertiary alicyclic amines) is 1. The minimum atomic E-state index is -2.95. The summed E-state index contributed by atoms with van der Waals surface area (Å²) in [6, 6.07) is -0.101. The predicted molar refractivity (Wildman–Crippen MR) is 72.4 cm³/mol. The average Bonchev–Trinajstić information content (AvgIpc) is 2.23. The summed E-state index contributed by atoms with van der Waals surface area (Å²) in [5, 5.41) is 11.2. The molecule has 0 aromatic heterocycles. The summed E-state index contributed by atoms with van der Waals surface area (Å²) in [5.41, 5.74) is -0.163. The second kappa shape index (κ2) is 5.69. The molecular weight excluding hydrogens is 266 g/mol. The number of carboxylic acid groups (broad SMARTS) is 1. The maximum Gasteiger partial charge on any atom is 0.147 e. The van der Waals surface area contributed by atoms with Crippen molar-refractivity contribution in [1.82, 2.24) is 4.90 Å². The van der Waals surface area contributed by atoms with Gasteiger partial charge in [-0.05, 0) is 30.6 Å². The molecule has 2 atom stereocenters. The van der Waals surface area contributed by atoms with E-state index in [1.165, 1.54) is 11.2 Å². The molecule has 0 N–H and O–H groups in total. The van der Waals surface area contributed by atoms with E-state index in [-0.39, 0.29) is 23.1 Å². The van der Waals surface area contributed by atoms with Gasteiger partial charge in [0, 0.05) is 18.8 Å². The van der Waals surface area contributed by atoms with E-state index in [9.17, 15) is 18.3 Å². The Balaban J connectivity index is 2.71. The lowest BCUT2D eigenvalue weighted by Crippen LogP contribution is -2.56. The molecule has 1 aliphatic rings. The molecule has 1 amide bonds. The smallest absolute Gasteiger partial charge is 0.147 e. The van der Waals surface area contributed by atoms with E-state index in [1.807, 2.05) is 20.8 Å². The van der Waals surface area contributed by atoms with Crippen LogP contribution in [0.2, 0.25) is 0 Å². The SMILES string of the molecule is CC(C)(C)C1CC(CCS(C)(=O)=O)CCN1C(=O)[O-]. The lowest BCUT2D eigenvalue weighted by Gasteiger charge is -2.47. The fraction of sp³-hybridized carbons (Fsp3) is 0.923. The Morgan fingerprint density at radius 1 is 1.37 bits per heavy atom. The zero-order chi connectivity index (χ0) is 14.8. The molecule has 0 aromatic rings. The molecule has 19 heavy (non-hydrogen) atoms. The maximum atomic E-state index is 11.2. The molecule has 0 saturated carbocycles. The lowest BCUT2D eigenvalue weighted by atomic mass is 9.76. The molecule has 2 unspecified atom stereocenters. The lowest BCUT2D eigenvalue weighted by molar-refractivity contribution is -0.272. The van der Waals surface area contributed by atoms with Crippen LogP contribution in [0.4, 0.5) is 4.79 Å². The van der Waals surface area contributed by atoms with Gasteiger partial charge in [-0.2, -0.15) is 0 Å². The quantitative estimate of drug-likeness (QED) is 0.773. The molecule has 0 aliphatic carbocycles. The summed E-state index contributed by atoms with van der Waals surface area (Å²) in [6.07, 6.45) is 2.17. The molecule has 1 heterocycles. The Bertz CT molecular complexity index is 424. The number of hydrogen-bond donors (Lipinski definition) is 0. The van der Waals surface area contributed by atoms with Gasteiger partial charge in [-0.3, -0.25) is 0 Å². The number of rotatable bonds is 3. The Hall–Kier alpha value is -0.780. The van der Waals surface area contributed by atoms with Gasteiger partial charge in [-0.25, -0.2) is 8.42 Å². The van der Waals surface area contributed by atoms with Gasteiger partial charge in [-0.1, -0.05) is 20.8 Å². The van der Waals surface area contributed by atoms with Crippen molar-refractivity contribution in [2.45, 2.75) is 46.1 Å². The molecule has 1 aliphatic heterocycles. The van der Waals surface area contributed by atoms with Crippen molar-refractivity contribution in [3.05, 3.63) is 0 Å². The second-order valence-electron chi connectivity index (χ2n) is 6.65. The van der Waals surface area contributed by atoms with Crippen molar-refractivity contribution in [1.29, 1.82) is 0 Å². The Labute approximate surface area is 115 Å². The molecule has 0 aromatic carbocycles. The second-order valence-corrected chi connectivity index (χ2v) is 8.91. The van der Waals surface area contributed by atoms with Crippen LogP contribution >= 0.6 is 0 Å². The van der Waals surface area contributed by atoms with Crippen LogP contribution in [0.15, 0.2) is 0 Å². The highest BCUT2D eigenvalue weighted by Crippen LogP contribution is 2.35. The first-order valence-electron chi connectivity index (χ1n) is 6.66. The number of nitrogens with zero attached hydrogens (tertiary/aromatic N) is 1. The summed E-state index contributed by atoms with van der Waals surface area (Å²) in [7, 11) is -2.95. The summed E-state index contributed by atoms with van der Waals surface area (Å²) >= 11 is 0.